The zero-order valence-corrected chi connectivity index (χ0v) is 18.5. The summed E-state index contributed by atoms with van der Waals surface area (Å²) in [4.78, 5) is 0. The number of benzene rings is 2. The van der Waals surface area contributed by atoms with Crippen molar-refractivity contribution < 1.29 is 0 Å². The van der Waals surface area contributed by atoms with Crippen LogP contribution in [0.25, 0.3) is 0 Å². The first-order chi connectivity index (χ1) is 10.7. The van der Waals surface area contributed by atoms with Gasteiger partial charge < -0.3 is 0 Å². The van der Waals surface area contributed by atoms with Crippen molar-refractivity contribution in [1.82, 2.24) is 0 Å². The molecule has 0 fully saturated rings. The Morgan fingerprint density at radius 3 is 2.05 bits per heavy atom. The third-order valence-corrected chi connectivity index (χ3v) is 12.9. The Balaban J connectivity index is 2.04. The number of hydrogen-bond donors (Lipinski definition) is 0. The predicted molar refractivity (Wildman–Crippen MR) is 108 cm³/mol. The SMILES string of the molecule is CS[C@@H](C)c1ccc([Se][Se]c2ccccc2[C@H](C)SC)cc1. The molecule has 0 N–H and O–H groups in total. The van der Waals surface area contributed by atoms with Gasteiger partial charge in [-0.1, -0.05) is 0 Å². The Kier molecular flexibility index (Phi) is 7.97. The number of hydrogen-bond acceptors (Lipinski definition) is 2. The fourth-order valence-corrected chi connectivity index (χ4v) is 9.90. The maximum atomic E-state index is 2.34. The topological polar surface area (TPSA) is 0 Å². The van der Waals surface area contributed by atoms with Gasteiger partial charge in [-0.05, 0) is 0 Å². The van der Waals surface area contributed by atoms with Crippen molar-refractivity contribution in [3.05, 3.63) is 59.7 Å². The van der Waals surface area contributed by atoms with Crippen LogP contribution in [0.2, 0.25) is 0 Å². The Labute approximate surface area is 154 Å². The first kappa shape index (κ1) is 18.5. The van der Waals surface area contributed by atoms with Crippen LogP contribution in [-0.2, 0) is 0 Å². The van der Waals surface area contributed by atoms with Gasteiger partial charge in [0, 0.05) is 0 Å². The van der Waals surface area contributed by atoms with Gasteiger partial charge in [0.25, 0.3) is 0 Å². The van der Waals surface area contributed by atoms with E-state index in [4.69, 9.17) is 0 Å². The van der Waals surface area contributed by atoms with Crippen LogP contribution in [-0.4, -0.2) is 38.8 Å². The van der Waals surface area contributed by atoms with Crippen LogP contribution < -0.4 is 8.92 Å². The van der Waals surface area contributed by atoms with Crippen LogP contribution in [0, 0.1) is 0 Å². The van der Waals surface area contributed by atoms with E-state index in [1.54, 1.807) is 4.46 Å². The summed E-state index contributed by atoms with van der Waals surface area (Å²) in [7, 11) is 0. The van der Waals surface area contributed by atoms with Crippen molar-refractivity contribution in [2.75, 3.05) is 12.5 Å². The van der Waals surface area contributed by atoms with E-state index in [1.165, 1.54) is 15.6 Å². The molecule has 0 aliphatic rings. The van der Waals surface area contributed by atoms with Crippen molar-refractivity contribution in [1.29, 1.82) is 0 Å². The van der Waals surface area contributed by atoms with Crippen LogP contribution in [0.15, 0.2) is 48.5 Å². The molecular weight excluding hydrogens is 438 g/mol. The molecule has 118 valence electrons. The van der Waals surface area contributed by atoms with Crippen LogP contribution in [0.3, 0.4) is 0 Å². The second kappa shape index (κ2) is 9.47. The van der Waals surface area contributed by atoms with E-state index >= 15 is 0 Å². The van der Waals surface area contributed by atoms with E-state index in [0.717, 1.165) is 0 Å². The molecule has 4 heteroatoms. The zero-order valence-electron chi connectivity index (χ0n) is 13.4. The molecule has 0 unspecified atom stereocenters. The van der Waals surface area contributed by atoms with E-state index in [2.05, 4.69) is 74.9 Å². The van der Waals surface area contributed by atoms with Crippen molar-refractivity contribution in [3.8, 4) is 0 Å². The first-order valence-corrected chi connectivity index (χ1v) is 15.9. The third kappa shape index (κ3) is 5.09. The van der Waals surface area contributed by atoms with Crippen LogP contribution in [0.5, 0.6) is 0 Å². The van der Waals surface area contributed by atoms with Crippen molar-refractivity contribution in [3.63, 3.8) is 0 Å². The monoisotopic (exact) mass is 462 g/mol. The summed E-state index contributed by atoms with van der Waals surface area (Å²) in [6.07, 6.45) is 4.38. The molecule has 2 aromatic rings. The van der Waals surface area contributed by atoms with Gasteiger partial charge in [-0.15, -0.1) is 0 Å². The van der Waals surface area contributed by atoms with Crippen molar-refractivity contribution >= 4 is 58.7 Å². The Morgan fingerprint density at radius 2 is 1.41 bits per heavy atom. The molecule has 2 atom stereocenters. The second-order valence-electron chi connectivity index (χ2n) is 5.03. The predicted octanol–water partition coefficient (Wildman–Crippen LogP) is 3.81. The third-order valence-electron chi connectivity index (χ3n) is 3.64. The standard InChI is InChI=1S/C18H22S2Se2/c1-13(19-3)15-9-11-16(12-10-15)21-22-18-8-6-5-7-17(18)14(2)20-4/h5-14H,1-4H3/t13-,14-/m0/s1. The quantitative estimate of drug-likeness (QED) is 0.577. The molecule has 0 heterocycles. The molecule has 22 heavy (non-hydrogen) atoms. The molecule has 2 aromatic carbocycles. The fraction of sp³-hybridized carbons (Fsp3) is 0.333. The summed E-state index contributed by atoms with van der Waals surface area (Å²) in [5.41, 5.74) is 2.97. The van der Waals surface area contributed by atoms with Crippen LogP contribution in [0.4, 0.5) is 0 Å². The van der Waals surface area contributed by atoms with Crippen molar-refractivity contribution in [2.45, 2.75) is 24.3 Å². The average Bonchev–Trinajstić information content (AvgIpc) is 2.59. The van der Waals surface area contributed by atoms with Crippen LogP contribution >= 0.6 is 23.5 Å². The molecular formula is C18H22S2Se2. The van der Waals surface area contributed by atoms with Gasteiger partial charge in [-0.3, -0.25) is 0 Å². The molecule has 0 nitrogen and oxygen atoms in total. The van der Waals surface area contributed by atoms with Gasteiger partial charge in [-0.2, -0.15) is 0 Å². The molecule has 0 radical (unpaired) electrons. The van der Waals surface area contributed by atoms with E-state index < -0.39 is 0 Å². The minimum absolute atomic E-state index is 0.570. The number of rotatable bonds is 7. The average molecular weight is 460 g/mol. The Morgan fingerprint density at radius 1 is 0.773 bits per heavy atom. The van der Waals surface area contributed by atoms with Gasteiger partial charge in [0.2, 0.25) is 0 Å². The summed E-state index contributed by atoms with van der Waals surface area (Å²) in [5, 5.41) is 1.19. The Hall–Kier alpha value is 0.179. The summed E-state index contributed by atoms with van der Waals surface area (Å²) in [6.45, 7) is 4.58. The van der Waals surface area contributed by atoms with Crippen LogP contribution in [0.1, 0.15) is 35.5 Å². The van der Waals surface area contributed by atoms with E-state index in [9.17, 15) is 0 Å². The van der Waals surface area contributed by atoms with Gasteiger partial charge in [0.05, 0.1) is 0 Å². The van der Waals surface area contributed by atoms with Gasteiger partial charge in [0.1, 0.15) is 0 Å². The molecule has 0 spiro atoms. The molecule has 0 bridgehead atoms. The molecule has 0 aliphatic carbocycles. The van der Waals surface area contributed by atoms with Crippen molar-refractivity contribution in [2.24, 2.45) is 0 Å². The molecule has 0 saturated carbocycles. The second-order valence-corrected chi connectivity index (χ2v) is 13.6. The van der Waals surface area contributed by atoms with E-state index in [0.29, 0.717) is 36.8 Å². The molecule has 0 aromatic heterocycles. The maximum absolute atomic E-state index is 2.34. The zero-order chi connectivity index (χ0) is 15.9. The van der Waals surface area contributed by atoms with Gasteiger partial charge in [0.15, 0.2) is 0 Å². The molecule has 0 aliphatic heterocycles. The normalized spacial score (nSPS) is 13.8. The van der Waals surface area contributed by atoms with Gasteiger partial charge >= 0.3 is 155 Å². The summed E-state index contributed by atoms with van der Waals surface area (Å²) < 4.78 is 3.11. The fourth-order valence-electron chi connectivity index (χ4n) is 2.04. The molecule has 2 rings (SSSR count). The Bertz CT molecular complexity index is 584. The summed E-state index contributed by atoms with van der Waals surface area (Å²) in [5.74, 6) is 0. The van der Waals surface area contributed by atoms with E-state index in [-0.39, 0.29) is 0 Å². The first-order valence-electron chi connectivity index (χ1n) is 7.24. The molecule has 0 saturated heterocycles. The minimum atomic E-state index is 0.570. The summed E-state index contributed by atoms with van der Waals surface area (Å²) >= 11 is 4.99. The summed E-state index contributed by atoms with van der Waals surface area (Å²) in [6, 6.07) is 18.3. The van der Waals surface area contributed by atoms with Gasteiger partial charge in [-0.25, -0.2) is 0 Å². The van der Waals surface area contributed by atoms with E-state index in [1.807, 2.05) is 23.5 Å². The number of thioether (sulfide) groups is 2. The molecule has 0 amide bonds.